The first-order valence-corrected chi connectivity index (χ1v) is 10.1. The van der Waals surface area contributed by atoms with Crippen molar-refractivity contribution in [1.29, 1.82) is 0 Å². The molecule has 10 nitrogen and oxygen atoms in total. The molecule has 1 amide bonds. The molecule has 1 fully saturated rings. The highest BCUT2D eigenvalue weighted by molar-refractivity contribution is 7.89. The van der Waals surface area contributed by atoms with Crippen LogP contribution in [-0.4, -0.2) is 66.6 Å². The standard InChI is InChI=1S/C16H23N5O5S/c1-11-10-14(19-25-11)17-15(22)4-5-20-6-8-21(9-7-20)27(23,24)16-12(2)18-26-13(16)3/h10H,4-9H2,1-3H3,(H,17,19,22). The number of anilines is 1. The quantitative estimate of drug-likeness (QED) is 0.764. The number of piperazine rings is 1. The number of carbonyl (C=O) groups is 1. The zero-order valence-corrected chi connectivity index (χ0v) is 16.4. The highest BCUT2D eigenvalue weighted by Crippen LogP contribution is 2.24. The van der Waals surface area contributed by atoms with Crippen LogP contribution in [0.15, 0.2) is 20.0 Å². The minimum absolute atomic E-state index is 0.151. The first-order valence-electron chi connectivity index (χ1n) is 8.66. The van der Waals surface area contributed by atoms with E-state index in [4.69, 9.17) is 9.05 Å². The smallest absolute Gasteiger partial charge is 0.248 e. The maximum atomic E-state index is 12.8. The molecular weight excluding hydrogens is 374 g/mol. The summed E-state index contributed by atoms with van der Waals surface area (Å²) in [6.45, 7) is 7.33. The average molecular weight is 397 g/mol. The van der Waals surface area contributed by atoms with E-state index < -0.39 is 10.0 Å². The van der Waals surface area contributed by atoms with E-state index in [2.05, 4.69) is 20.5 Å². The molecule has 1 aliphatic heterocycles. The molecule has 0 aliphatic carbocycles. The highest BCUT2D eigenvalue weighted by Gasteiger charge is 2.33. The second-order valence-corrected chi connectivity index (χ2v) is 8.39. The lowest BCUT2D eigenvalue weighted by Gasteiger charge is -2.33. The lowest BCUT2D eigenvalue weighted by atomic mass is 10.3. The summed E-state index contributed by atoms with van der Waals surface area (Å²) in [5, 5.41) is 10.1. The zero-order valence-electron chi connectivity index (χ0n) is 15.6. The SMILES string of the molecule is Cc1cc(NC(=O)CCN2CCN(S(=O)(=O)c3c(C)noc3C)CC2)no1. The van der Waals surface area contributed by atoms with Gasteiger partial charge in [0, 0.05) is 45.2 Å². The van der Waals surface area contributed by atoms with Gasteiger partial charge in [0.15, 0.2) is 11.6 Å². The van der Waals surface area contributed by atoms with Gasteiger partial charge in [-0.15, -0.1) is 0 Å². The predicted octanol–water partition coefficient (Wildman–Crippen LogP) is 0.923. The molecule has 0 saturated carbocycles. The topological polar surface area (TPSA) is 122 Å². The Labute approximate surface area is 157 Å². The lowest BCUT2D eigenvalue weighted by Crippen LogP contribution is -2.49. The summed E-state index contributed by atoms with van der Waals surface area (Å²) in [4.78, 5) is 14.2. The molecule has 11 heteroatoms. The van der Waals surface area contributed by atoms with Crippen molar-refractivity contribution < 1.29 is 22.3 Å². The number of aryl methyl sites for hydroxylation is 3. The number of amides is 1. The first kappa shape index (κ1) is 19.5. The van der Waals surface area contributed by atoms with Crippen molar-refractivity contribution in [2.24, 2.45) is 0 Å². The van der Waals surface area contributed by atoms with Gasteiger partial charge in [0.05, 0.1) is 0 Å². The van der Waals surface area contributed by atoms with Gasteiger partial charge in [-0.2, -0.15) is 4.31 Å². The average Bonchev–Trinajstić information content (AvgIpc) is 3.18. The summed E-state index contributed by atoms with van der Waals surface area (Å²) >= 11 is 0. The van der Waals surface area contributed by atoms with Crippen molar-refractivity contribution >= 4 is 21.7 Å². The number of rotatable bonds is 6. The van der Waals surface area contributed by atoms with Crippen LogP contribution in [0.4, 0.5) is 5.82 Å². The van der Waals surface area contributed by atoms with Crippen LogP contribution < -0.4 is 5.32 Å². The zero-order chi connectivity index (χ0) is 19.6. The molecule has 0 bridgehead atoms. The van der Waals surface area contributed by atoms with Crippen LogP contribution in [0.1, 0.15) is 23.6 Å². The third-order valence-corrected chi connectivity index (χ3v) is 6.59. The molecule has 2 aromatic heterocycles. The Morgan fingerprint density at radius 2 is 1.85 bits per heavy atom. The molecule has 1 aliphatic rings. The maximum Gasteiger partial charge on any atom is 0.248 e. The van der Waals surface area contributed by atoms with Crippen LogP contribution in [0, 0.1) is 20.8 Å². The normalized spacial score (nSPS) is 16.6. The van der Waals surface area contributed by atoms with E-state index in [0.29, 0.717) is 62.2 Å². The number of hydrogen-bond acceptors (Lipinski definition) is 8. The molecule has 2 aromatic rings. The van der Waals surface area contributed by atoms with E-state index in [1.807, 2.05) is 0 Å². The van der Waals surface area contributed by atoms with Gasteiger partial charge < -0.3 is 19.3 Å². The second kappa shape index (κ2) is 7.79. The monoisotopic (exact) mass is 397 g/mol. The summed E-state index contributed by atoms with van der Waals surface area (Å²) in [7, 11) is -3.62. The van der Waals surface area contributed by atoms with Crippen LogP contribution in [0.2, 0.25) is 0 Å². The van der Waals surface area contributed by atoms with E-state index in [1.54, 1.807) is 26.8 Å². The molecule has 3 rings (SSSR count). The van der Waals surface area contributed by atoms with Gasteiger partial charge >= 0.3 is 0 Å². The van der Waals surface area contributed by atoms with E-state index in [1.165, 1.54) is 4.31 Å². The molecule has 0 spiro atoms. The molecule has 0 aromatic carbocycles. The van der Waals surface area contributed by atoms with Gasteiger partial charge in [0.1, 0.15) is 16.3 Å². The third kappa shape index (κ3) is 4.37. The lowest BCUT2D eigenvalue weighted by molar-refractivity contribution is -0.116. The Morgan fingerprint density at radius 1 is 1.15 bits per heavy atom. The largest absolute Gasteiger partial charge is 0.360 e. The molecule has 0 unspecified atom stereocenters. The number of aromatic nitrogens is 2. The summed E-state index contributed by atoms with van der Waals surface area (Å²) < 4.78 is 36.9. The summed E-state index contributed by atoms with van der Waals surface area (Å²) in [5.41, 5.74) is 0.370. The van der Waals surface area contributed by atoms with Crippen molar-refractivity contribution in [2.45, 2.75) is 32.1 Å². The fourth-order valence-electron chi connectivity index (χ4n) is 3.06. The number of carbonyl (C=O) groups excluding carboxylic acids is 1. The van der Waals surface area contributed by atoms with Crippen LogP contribution in [0.3, 0.4) is 0 Å². The number of nitrogens with zero attached hydrogens (tertiary/aromatic N) is 4. The van der Waals surface area contributed by atoms with Gasteiger partial charge in [0.2, 0.25) is 15.9 Å². The van der Waals surface area contributed by atoms with Gasteiger partial charge in [0.25, 0.3) is 0 Å². The molecule has 1 N–H and O–H groups in total. The second-order valence-electron chi connectivity index (χ2n) is 6.52. The highest BCUT2D eigenvalue weighted by atomic mass is 32.2. The molecule has 1 saturated heterocycles. The van der Waals surface area contributed by atoms with Gasteiger partial charge in [-0.05, 0) is 20.8 Å². The Morgan fingerprint density at radius 3 is 2.41 bits per heavy atom. The molecule has 27 heavy (non-hydrogen) atoms. The van der Waals surface area contributed by atoms with Crippen LogP contribution >= 0.6 is 0 Å². The minimum atomic E-state index is -3.62. The summed E-state index contributed by atoms with van der Waals surface area (Å²) in [6.07, 6.45) is 0.294. The molecule has 0 atom stereocenters. The van der Waals surface area contributed by atoms with Gasteiger partial charge in [-0.3, -0.25) is 4.79 Å². The van der Waals surface area contributed by atoms with Crippen molar-refractivity contribution in [3.63, 3.8) is 0 Å². The molecule has 148 valence electrons. The van der Waals surface area contributed by atoms with Crippen molar-refractivity contribution in [3.05, 3.63) is 23.3 Å². The predicted molar refractivity (Wildman–Crippen MR) is 95.7 cm³/mol. The summed E-state index contributed by atoms with van der Waals surface area (Å²) in [6, 6.07) is 1.65. The van der Waals surface area contributed by atoms with Crippen LogP contribution in [-0.2, 0) is 14.8 Å². The number of sulfonamides is 1. The molecule has 3 heterocycles. The van der Waals surface area contributed by atoms with E-state index in [9.17, 15) is 13.2 Å². The number of nitrogens with one attached hydrogen (secondary N) is 1. The van der Waals surface area contributed by atoms with E-state index in [-0.39, 0.29) is 10.8 Å². The molecular formula is C16H23N5O5S. The fourth-order valence-corrected chi connectivity index (χ4v) is 4.77. The Kier molecular flexibility index (Phi) is 5.63. The number of hydrogen-bond donors (Lipinski definition) is 1. The van der Waals surface area contributed by atoms with Crippen LogP contribution in [0.5, 0.6) is 0 Å². The van der Waals surface area contributed by atoms with Crippen LogP contribution in [0.25, 0.3) is 0 Å². The first-order chi connectivity index (χ1) is 12.8. The maximum absolute atomic E-state index is 12.8. The Hall–Kier alpha value is -2.24. The van der Waals surface area contributed by atoms with Crippen molar-refractivity contribution in [2.75, 3.05) is 38.0 Å². The Bertz CT molecular complexity index is 892. The Balaban J connectivity index is 1.49. The van der Waals surface area contributed by atoms with Crippen molar-refractivity contribution in [3.8, 4) is 0 Å². The molecule has 0 radical (unpaired) electrons. The fraction of sp³-hybridized carbons (Fsp3) is 0.562. The van der Waals surface area contributed by atoms with Gasteiger partial charge in [-0.25, -0.2) is 8.42 Å². The minimum Gasteiger partial charge on any atom is -0.360 e. The van der Waals surface area contributed by atoms with E-state index in [0.717, 1.165) is 0 Å². The summed E-state index contributed by atoms with van der Waals surface area (Å²) in [5.74, 6) is 1.16. The third-order valence-electron chi connectivity index (χ3n) is 4.45. The van der Waals surface area contributed by atoms with Crippen molar-refractivity contribution in [1.82, 2.24) is 19.5 Å². The van der Waals surface area contributed by atoms with Gasteiger partial charge in [-0.1, -0.05) is 10.3 Å². The van der Waals surface area contributed by atoms with E-state index >= 15 is 0 Å².